The second-order valence-electron chi connectivity index (χ2n) is 5.55. The second kappa shape index (κ2) is 6.17. The average molecular weight is 324 g/mol. The van der Waals surface area contributed by atoms with Gasteiger partial charge in [-0.3, -0.25) is 0 Å². The Morgan fingerprint density at radius 2 is 1.96 bits per heavy atom. The Bertz CT molecular complexity index is 650. The van der Waals surface area contributed by atoms with Crippen LogP contribution in [0.25, 0.3) is 0 Å². The first-order valence-electron chi connectivity index (χ1n) is 7.36. The molecule has 2 N–H and O–H groups in total. The minimum atomic E-state index is -0.995. The predicted molar refractivity (Wildman–Crippen MR) is 81.9 cm³/mol. The van der Waals surface area contributed by atoms with Gasteiger partial charge in [0.15, 0.2) is 17.5 Å². The van der Waals surface area contributed by atoms with Crippen LogP contribution in [0, 0.1) is 11.6 Å². The molecule has 0 bridgehead atoms. The van der Waals surface area contributed by atoms with E-state index in [1.807, 2.05) is 0 Å². The van der Waals surface area contributed by atoms with Crippen molar-refractivity contribution < 1.29 is 23.7 Å². The third-order valence-electron chi connectivity index (χ3n) is 3.99. The summed E-state index contributed by atoms with van der Waals surface area (Å²) in [6.45, 7) is 4.04. The topological polar surface area (TPSA) is 56.2 Å². The van der Waals surface area contributed by atoms with Crippen molar-refractivity contribution in [1.29, 1.82) is 0 Å². The number of aliphatic hydroxyl groups excluding tert-OH is 2. The fraction of sp³-hybridized carbons (Fsp3) is 0.375. The molecule has 1 unspecified atom stereocenters. The van der Waals surface area contributed by atoms with Crippen LogP contribution < -0.4 is 9.80 Å². The van der Waals surface area contributed by atoms with E-state index in [1.165, 1.54) is 23.1 Å². The molecule has 0 aromatic heterocycles. The monoisotopic (exact) mass is 324 g/mol. The molecule has 2 aliphatic heterocycles. The van der Waals surface area contributed by atoms with Crippen molar-refractivity contribution in [2.45, 2.75) is 18.6 Å². The first-order valence-corrected chi connectivity index (χ1v) is 7.36. The molecule has 1 saturated heterocycles. The molecule has 0 amide bonds. The molecule has 2 heterocycles. The Morgan fingerprint density at radius 1 is 1.26 bits per heavy atom. The second-order valence-corrected chi connectivity index (χ2v) is 5.55. The van der Waals surface area contributed by atoms with Gasteiger partial charge in [-0.2, -0.15) is 0 Å². The molecule has 0 saturated carbocycles. The van der Waals surface area contributed by atoms with Crippen molar-refractivity contribution in [1.82, 2.24) is 0 Å². The molecule has 2 atom stereocenters. The summed E-state index contributed by atoms with van der Waals surface area (Å²) >= 11 is 0. The molecule has 7 heteroatoms. The zero-order valence-corrected chi connectivity index (χ0v) is 12.5. The molecule has 124 valence electrons. The number of benzene rings is 1. The highest BCUT2D eigenvalue weighted by atomic mass is 19.2. The normalized spacial score (nSPS) is 24.3. The predicted octanol–water partition coefficient (Wildman–Crippen LogP) is 1.72. The van der Waals surface area contributed by atoms with E-state index >= 15 is 0 Å². The number of ether oxygens (including phenoxy) is 1. The van der Waals surface area contributed by atoms with E-state index in [1.54, 1.807) is 11.1 Å². The van der Waals surface area contributed by atoms with Crippen molar-refractivity contribution in [2.24, 2.45) is 0 Å². The molecule has 1 aromatic carbocycles. The van der Waals surface area contributed by atoms with Gasteiger partial charge in [0.25, 0.3) is 0 Å². The minimum absolute atomic E-state index is 0.0215. The molecule has 23 heavy (non-hydrogen) atoms. The van der Waals surface area contributed by atoms with Crippen LogP contribution in [0.1, 0.15) is 6.42 Å². The maximum Gasteiger partial charge on any atom is 0.187 e. The van der Waals surface area contributed by atoms with Gasteiger partial charge in [0.05, 0.1) is 30.6 Å². The standard InChI is InChI=1S/C16H18F2N2O3/c1-10-20(8-12(9-21)23-10)14-3-2-13(15(17)16(14)18)19-6-4-11(22)5-7-19/h2-4,6,11-12,21-22H,1,5,7-9H2/t11?,12-/m1/s1. The van der Waals surface area contributed by atoms with Crippen molar-refractivity contribution in [3.05, 3.63) is 48.5 Å². The van der Waals surface area contributed by atoms with E-state index < -0.39 is 23.8 Å². The molecule has 1 fully saturated rings. The lowest BCUT2D eigenvalue weighted by Gasteiger charge is -2.27. The SMILES string of the molecule is C=C1O[C@@H](CO)CN1c1ccc(N2C=CC(O)CC2)c(F)c1F. The van der Waals surface area contributed by atoms with E-state index in [4.69, 9.17) is 9.84 Å². The maximum absolute atomic E-state index is 14.5. The van der Waals surface area contributed by atoms with Crippen LogP contribution in [0.15, 0.2) is 36.9 Å². The molecule has 0 aliphatic carbocycles. The Kier molecular flexibility index (Phi) is 4.23. The minimum Gasteiger partial charge on any atom is -0.472 e. The lowest BCUT2D eigenvalue weighted by molar-refractivity contribution is 0.0989. The summed E-state index contributed by atoms with van der Waals surface area (Å²) in [6, 6.07) is 2.94. The van der Waals surface area contributed by atoms with E-state index in [2.05, 4.69) is 6.58 Å². The van der Waals surface area contributed by atoms with Crippen LogP contribution in [0.2, 0.25) is 0 Å². The van der Waals surface area contributed by atoms with Gasteiger partial charge in [0.2, 0.25) is 0 Å². The molecule has 1 aromatic rings. The van der Waals surface area contributed by atoms with E-state index in [9.17, 15) is 13.9 Å². The number of aliphatic hydroxyl groups is 2. The molecule has 3 rings (SSSR count). The molecular weight excluding hydrogens is 306 g/mol. The highest BCUT2D eigenvalue weighted by molar-refractivity contribution is 5.62. The van der Waals surface area contributed by atoms with Crippen molar-refractivity contribution in [3.8, 4) is 0 Å². The Morgan fingerprint density at radius 3 is 2.57 bits per heavy atom. The van der Waals surface area contributed by atoms with Crippen molar-refractivity contribution >= 4 is 11.4 Å². The summed E-state index contributed by atoms with van der Waals surface area (Å²) in [4.78, 5) is 2.96. The maximum atomic E-state index is 14.5. The number of rotatable bonds is 3. The summed E-state index contributed by atoms with van der Waals surface area (Å²) < 4.78 is 34.2. The highest BCUT2D eigenvalue weighted by Gasteiger charge is 2.31. The van der Waals surface area contributed by atoms with E-state index in [0.717, 1.165) is 0 Å². The van der Waals surface area contributed by atoms with E-state index in [0.29, 0.717) is 13.0 Å². The number of nitrogens with zero attached hydrogens (tertiary/aromatic N) is 2. The number of hydrogen-bond donors (Lipinski definition) is 2. The fourth-order valence-electron chi connectivity index (χ4n) is 2.73. The highest BCUT2D eigenvalue weighted by Crippen LogP contribution is 2.34. The van der Waals surface area contributed by atoms with Crippen molar-refractivity contribution in [2.75, 3.05) is 29.5 Å². The Hall–Kier alpha value is -2.12. The van der Waals surface area contributed by atoms with Gasteiger partial charge in [0, 0.05) is 12.7 Å². The fourth-order valence-corrected chi connectivity index (χ4v) is 2.73. The summed E-state index contributed by atoms with van der Waals surface area (Å²) in [7, 11) is 0. The zero-order valence-electron chi connectivity index (χ0n) is 12.5. The molecule has 0 spiro atoms. The first kappa shape index (κ1) is 15.8. The van der Waals surface area contributed by atoms with Crippen LogP contribution in [-0.4, -0.2) is 42.1 Å². The molecular formula is C16H18F2N2O3. The van der Waals surface area contributed by atoms with Gasteiger partial charge in [-0.15, -0.1) is 0 Å². The summed E-state index contributed by atoms with van der Waals surface area (Å²) in [5.41, 5.74) is 0.132. The van der Waals surface area contributed by atoms with Crippen LogP contribution >= 0.6 is 0 Å². The number of anilines is 2. The number of hydrogen-bond acceptors (Lipinski definition) is 5. The largest absolute Gasteiger partial charge is 0.472 e. The van der Waals surface area contributed by atoms with E-state index in [-0.39, 0.29) is 30.4 Å². The van der Waals surface area contributed by atoms with Gasteiger partial charge in [0.1, 0.15) is 6.10 Å². The Balaban J connectivity index is 1.89. The quantitative estimate of drug-likeness (QED) is 0.887. The van der Waals surface area contributed by atoms with Crippen LogP contribution in [0.3, 0.4) is 0 Å². The van der Waals surface area contributed by atoms with Crippen LogP contribution in [0.5, 0.6) is 0 Å². The van der Waals surface area contributed by atoms with Gasteiger partial charge in [-0.25, -0.2) is 8.78 Å². The summed E-state index contributed by atoms with van der Waals surface area (Å²) in [5, 5.41) is 18.5. The third-order valence-corrected chi connectivity index (χ3v) is 3.99. The Labute approximate surface area is 132 Å². The van der Waals surface area contributed by atoms with Crippen molar-refractivity contribution in [3.63, 3.8) is 0 Å². The first-order chi connectivity index (χ1) is 11.0. The van der Waals surface area contributed by atoms with Crippen LogP contribution in [0.4, 0.5) is 20.2 Å². The van der Waals surface area contributed by atoms with Gasteiger partial charge < -0.3 is 24.7 Å². The van der Waals surface area contributed by atoms with Crippen LogP contribution in [-0.2, 0) is 4.74 Å². The van der Waals surface area contributed by atoms with Gasteiger partial charge >= 0.3 is 0 Å². The zero-order chi connectivity index (χ0) is 16.6. The molecule has 2 aliphatic rings. The average Bonchev–Trinajstić information content (AvgIpc) is 2.92. The summed E-state index contributed by atoms with van der Waals surface area (Å²) in [6.07, 6.45) is 2.48. The number of halogens is 2. The molecule has 5 nitrogen and oxygen atoms in total. The van der Waals surface area contributed by atoms with Gasteiger partial charge in [-0.05, 0) is 31.2 Å². The lowest BCUT2D eigenvalue weighted by Crippen LogP contribution is -2.28. The smallest absolute Gasteiger partial charge is 0.187 e. The summed E-state index contributed by atoms with van der Waals surface area (Å²) in [5.74, 6) is -1.79. The molecule has 0 radical (unpaired) electrons. The third kappa shape index (κ3) is 2.89. The van der Waals surface area contributed by atoms with Gasteiger partial charge in [-0.1, -0.05) is 0 Å². The lowest BCUT2D eigenvalue weighted by atomic mass is 10.1.